The highest BCUT2D eigenvalue weighted by molar-refractivity contribution is 5.53. The maximum absolute atomic E-state index is 11.6. The van der Waals surface area contributed by atoms with E-state index in [0.29, 0.717) is 11.4 Å². The van der Waals surface area contributed by atoms with Gasteiger partial charge in [0.15, 0.2) is 0 Å². The summed E-state index contributed by atoms with van der Waals surface area (Å²) in [5.41, 5.74) is -0.309. The smallest absolute Gasteiger partial charge is 0.278 e. The number of nitrogens with zero attached hydrogens (tertiary/aromatic N) is 3. The maximum Gasteiger partial charge on any atom is 0.329 e. The molecule has 0 aliphatic rings. The van der Waals surface area contributed by atoms with Crippen LogP contribution in [0.5, 0.6) is 0 Å². The number of rotatable bonds is 2. The molecule has 0 fully saturated rings. The van der Waals surface area contributed by atoms with Crippen molar-refractivity contribution in [2.75, 3.05) is 0 Å². The van der Waals surface area contributed by atoms with Crippen LogP contribution < -0.4 is 11.2 Å². The molecule has 6 heteroatoms. The van der Waals surface area contributed by atoms with Crippen molar-refractivity contribution in [1.29, 1.82) is 5.26 Å². The lowest BCUT2D eigenvalue weighted by molar-refractivity contribution is 0.750. The topological polar surface area (TPSA) is 91.5 Å². The maximum atomic E-state index is 11.6. The van der Waals surface area contributed by atoms with Gasteiger partial charge in [-0.2, -0.15) is 5.26 Å². The van der Waals surface area contributed by atoms with Crippen LogP contribution in [0.2, 0.25) is 0 Å². The Balaban J connectivity index is 2.73. The fraction of sp³-hybridized carbons (Fsp3) is 0.0909. The molecule has 0 aromatic carbocycles. The Morgan fingerprint density at radius 3 is 2.88 bits per heavy atom. The molecule has 2 aromatic rings. The van der Waals surface area contributed by atoms with Crippen LogP contribution in [0.25, 0.3) is 11.4 Å². The van der Waals surface area contributed by atoms with Crippen LogP contribution in [0.4, 0.5) is 0 Å². The van der Waals surface area contributed by atoms with Crippen LogP contribution in [-0.2, 0) is 6.54 Å². The van der Waals surface area contributed by atoms with E-state index < -0.39 is 11.2 Å². The summed E-state index contributed by atoms with van der Waals surface area (Å²) in [5.74, 6) is 0. The van der Waals surface area contributed by atoms with Gasteiger partial charge in [0.25, 0.3) is 5.56 Å². The first-order valence-corrected chi connectivity index (χ1v) is 4.85. The van der Waals surface area contributed by atoms with Crippen LogP contribution in [0.3, 0.4) is 0 Å². The van der Waals surface area contributed by atoms with Gasteiger partial charge in [0.2, 0.25) is 0 Å². The third-order valence-corrected chi connectivity index (χ3v) is 2.19. The van der Waals surface area contributed by atoms with Crippen molar-refractivity contribution in [1.82, 2.24) is 14.5 Å². The highest BCUT2D eigenvalue weighted by atomic mass is 16.2. The molecule has 1 N–H and O–H groups in total. The molecule has 0 amide bonds. The highest BCUT2D eigenvalue weighted by Gasteiger charge is 2.08. The summed E-state index contributed by atoms with van der Waals surface area (Å²) in [6.07, 6.45) is 1.55. The molecule has 2 aromatic heterocycles. The van der Waals surface area contributed by atoms with Gasteiger partial charge in [0.05, 0.1) is 17.5 Å². The van der Waals surface area contributed by atoms with Crippen LogP contribution in [-0.4, -0.2) is 14.5 Å². The fourth-order valence-electron chi connectivity index (χ4n) is 1.47. The molecule has 0 spiro atoms. The van der Waals surface area contributed by atoms with Crippen molar-refractivity contribution in [3.63, 3.8) is 0 Å². The minimum absolute atomic E-state index is 0.137. The number of H-pyrrole nitrogens is 1. The molecule has 0 saturated carbocycles. The first-order valence-electron chi connectivity index (χ1n) is 4.85. The molecule has 0 bridgehead atoms. The minimum Gasteiger partial charge on any atom is -0.278 e. The zero-order valence-electron chi connectivity index (χ0n) is 8.75. The van der Waals surface area contributed by atoms with Gasteiger partial charge >= 0.3 is 5.69 Å². The first-order chi connectivity index (χ1) is 8.22. The fourth-order valence-corrected chi connectivity index (χ4v) is 1.47. The minimum atomic E-state index is -0.611. The molecule has 84 valence electrons. The van der Waals surface area contributed by atoms with E-state index in [2.05, 4.69) is 9.97 Å². The quantitative estimate of drug-likeness (QED) is 0.790. The van der Waals surface area contributed by atoms with Gasteiger partial charge in [-0.15, -0.1) is 0 Å². The van der Waals surface area contributed by atoms with Gasteiger partial charge in [-0.25, -0.2) is 4.79 Å². The lowest BCUT2D eigenvalue weighted by Crippen LogP contribution is -2.30. The van der Waals surface area contributed by atoms with Gasteiger partial charge in [0.1, 0.15) is 6.54 Å². The molecule has 0 aliphatic heterocycles. The molecule has 6 nitrogen and oxygen atoms in total. The average molecular weight is 228 g/mol. The van der Waals surface area contributed by atoms with Gasteiger partial charge in [0, 0.05) is 12.3 Å². The summed E-state index contributed by atoms with van der Waals surface area (Å²) >= 11 is 0. The van der Waals surface area contributed by atoms with Crippen LogP contribution in [0.1, 0.15) is 0 Å². The Morgan fingerprint density at radius 1 is 1.41 bits per heavy atom. The van der Waals surface area contributed by atoms with Gasteiger partial charge < -0.3 is 0 Å². The lowest BCUT2D eigenvalue weighted by Gasteiger charge is -2.07. The second-order valence-electron chi connectivity index (χ2n) is 3.28. The summed E-state index contributed by atoms with van der Waals surface area (Å²) in [6, 6.07) is 8.25. The Kier molecular flexibility index (Phi) is 2.83. The molecule has 2 rings (SSSR count). The van der Waals surface area contributed by atoms with Crippen molar-refractivity contribution < 1.29 is 0 Å². The van der Waals surface area contributed by atoms with Crippen molar-refractivity contribution in [3.8, 4) is 17.5 Å². The number of hydrogen-bond acceptors (Lipinski definition) is 4. The van der Waals surface area contributed by atoms with Crippen LogP contribution >= 0.6 is 0 Å². The van der Waals surface area contributed by atoms with Crippen molar-refractivity contribution in [2.45, 2.75) is 6.54 Å². The Hall–Kier alpha value is -2.68. The van der Waals surface area contributed by atoms with Crippen LogP contribution in [0.15, 0.2) is 40.1 Å². The van der Waals surface area contributed by atoms with Crippen molar-refractivity contribution in [2.24, 2.45) is 0 Å². The summed E-state index contributed by atoms with van der Waals surface area (Å²) in [4.78, 5) is 29.0. The summed E-state index contributed by atoms with van der Waals surface area (Å²) in [7, 11) is 0. The number of pyridine rings is 1. The number of aromatic amines is 1. The van der Waals surface area contributed by atoms with Gasteiger partial charge in [-0.1, -0.05) is 6.07 Å². The molecule has 2 heterocycles. The molecular weight excluding hydrogens is 220 g/mol. The predicted octanol–water partition coefficient (Wildman–Crippen LogP) is 0.122. The predicted molar refractivity (Wildman–Crippen MR) is 60.2 cm³/mol. The molecule has 0 radical (unpaired) electrons. The summed E-state index contributed by atoms with van der Waals surface area (Å²) in [6.45, 7) is -0.137. The van der Waals surface area contributed by atoms with Crippen molar-refractivity contribution in [3.05, 3.63) is 51.3 Å². The standard InChI is InChI=1S/C11H8N4O2/c12-4-6-15-9(7-10(16)14-11(15)17)8-3-1-2-5-13-8/h1-3,5,7H,6H2,(H,14,16,17). The molecule has 17 heavy (non-hydrogen) atoms. The number of aromatic nitrogens is 3. The van der Waals surface area contributed by atoms with E-state index in [1.54, 1.807) is 24.4 Å². The van der Waals surface area contributed by atoms with E-state index in [-0.39, 0.29) is 6.54 Å². The highest BCUT2D eigenvalue weighted by Crippen LogP contribution is 2.11. The number of nitrogens with one attached hydrogen (secondary N) is 1. The first kappa shape index (κ1) is 10.8. The van der Waals surface area contributed by atoms with Gasteiger partial charge in [-0.05, 0) is 12.1 Å². The molecule has 0 aliphatic carbocycles. The molecule has 0 atom stereocenters. The zero-order chi connectivity index (χ0) is 12.3. The van der Waals surface area contributed by atoms with Gasteiger partial charge in [-0.3, -0.25) is 19.3 Å². The second kappa shape index (κ2) is 4.45. The normalized spacial score (nSPS) is 9.82. The molecule has 0 unspecified atom stereocenters. The van der Waals surface area contributed by atoms with E-state index >= 15 is 0 Å². The molecular formula is C11H8N4O2. The Bertz CT molecular complexity index is 679. The summed E-state index contributed by atoms with van der Waals surface area (Å²) < 4.78 is 1.17. The SMILES string of the molecule is N#CCn1c(-c2ccccn2)cc(=O)[nH]c1=O. The Labute approximate surface area is 95.8 Å². The number of nitriles is 1. The van der Waals surface area contributed by atoms with E-state index in [1.165, 1.54) is 10.6 Å². The Morgan fingerprint density at radius 2 is 2.24 bits per heavy atom. The van der Waals surface area contributed by atoms with Crippen molar-refractivity contribution >= 4 is 0 Å². The lowest BCUT2D eigenvalue weighted by atomic mass is 10.2. The molecule has 0 saturated heterocycles. The number of hydrogen-bond donors (Lipinski definition) is 1. The third kappa shape index (κ3) is 2.13. The third-order valence-electron chi connectivity index (χ3n) is 2.19. The van der Waals surface area contributed by atoms with E-state index in [4.69, 9.17) is 5.26 Å². The summed E-state index contributed by atoms with van der Waals surface area (Å²) in [5, 5.41) is 8.66. The largest absolute Gasteiger partial charge is 0.329 e. The van der Waals surface area contributed by atoms with E-state index in [0.717, 1.165) is 0 Å². The average Bonchev–Trinajstić information content (AvgIpc) is 2.33. The monoisotopic (exact) mass is 228 g/mol. The van der Waals surface area contributed by atoms with E-state index in [1.807, 2.05) is 6.07 Å². The van der Waals surface area contributed by atoms with E-state index in [9.17, 15) is 9.59 Å². The zero-order valence-corrected chi connectivity index (χ0v) is 8.75. The van der Waals surface area contributed by atoms with Crippen LogP contribution in [0, 0.1) is 11.3 Å². The second-order valence-corrected chi connectivity index (χ2v) is 3.28.